The summed E-state index contributed by atoms with van der Waals surface area (Å²) in [6.07, 6.45) is 0. The van der Waals surface area contributed by atoms with E-state index in [9.17, 15) is 8.42 Å². The van der Waals surface area contributed by atoms with Crippen molar-refractivity contribution in [2.24, 2.45) is 0 Å². The third kappa shape index (κ3) is 5.28. The van der Waals surface area contributed by atoms with E-state index < -0.39 is 10.0 Å². The maximum absolute atomic E-state index is 12.7. The molecule has 0 heterocycles. The largest absolute Gasteiger partial charge is 0.497 e. The Bertz CT molecular complexity index is 1100. The van der Waals surface area contributed by atoms with Gasteiger partial charge in [-0.2, -0.15) is 0 Å². The van der Waals surface area contributed by atoms with Crippen molar-refractivity contribution in [2.45, 2.75) is 11.4 Å². The van der Waals surface area contributed by atoms with Crippen LogP contribution >= 0.6 is 34.8 Å². The monoisotopic (exact) mass is 470 g/mol. The van der Waals surface area contributed by atoms with Gasteiger partial charge in [0.2, 0.25) is 0 Å². The Hall–Kier alpha value is -2.12. The first kappa shape index (κ1) is 21.6. The summed E-state index contributed by atoms with van der Waals surface area (Å²) in [4.78, 5) is 0.136. The van der Waals surface area contributed by atoms with E-state index in [0.29, 0.717) is 33.7 Å². The summed E-state index contributed by atoms with van der Waals surface area (Å²) in [7, 11) is -2.24. The van der Waals surface area contributed by atoms with E-state index in [0.717, 1.165) is 5.56 Å². The lowest BCUT2D eigenvalue weighted by Crippen LogP contribution is -2.15. The summed E-state index contributed by atoms with van der Waals surface area (Å²) >= 11 is 18.1. The van der Waals surface area contributed by atoms with Crippen molar-refractivity contribution >= 4 is 56.2 Å². The highest BCUT2D eigenvalue weighted by atomic mass is 35.5. The van der Waals surface area contributed by atoms with Crippen molar-refractivity contribution in [3.8, 4) is 5.75 Å². The van der Waals surface area contributed by atoms with Gasteiger partial charge in [0.05, 0.1) is 32.8 Å². The number of methoxy groups -OCH3 is 1. The molecule has 0 saturated heterocycles. The van der Waals surface area contributed by atoms with Crippen molar-refractivity contribution < 1.29 is 13.2 Å². The van der Waals surface area contributed by atoms with Crippen LogP contribution in [-0.4, -0.2) is 15.5 Å². The molecule has 29 heavy (non-hydrogen) atoms. The van der Waals surface area contributed by atoms with Gasteiger partial charge in [-0.1, -0.05) is 53.0 Å². The van der Waals surface area contributed by atoms with Crippen molar-refractivity contribution in [2.75, 3.05) is 17.1 Å². The number of nitrogens with one attached hydrogen (secondary N) is 2. The topological polar surface area (TPSA) is 67.4 Å². The molecule has 0 atom stereocenters. The minimum Gasteiger partial charge on any atom is -0.497 e. The fourth-order valence-electron chi connectivity index (χ4n) is 2.59. The predicted octanol–water partition coefficient (Wildman–Crippen LogP) is 6.07. The second-order valence-electron chi connectivity index (χ2n) is 6.05. The molecule has 9 heteroatoms. The van der Waals surface area contributed by atoms with Gasteiger partial charge in [-0.25, -0.2) is 8.42 Å². The molecular weight excluding hydrogens is 455 g/mol. The molecule has 0 aliphatic rings. The van der Waals surface area contributed by atoms with Gasteiger partial charge in [-0.15, -0.1) is 0 Å². The lowest BCUT2D eigenvalue weighted by atomic mass is 10.2. The van der Waals surface area contributed by atoms with E-state index in [1.807, 2.05) is 12.1 Å². The zero-order chi connectivity index (χ0) is 21.0. The van der Waals surface area contributed by atoms with Crippen molar-refractivity contribution in [3.63, 3.8) is 0 Å². The molecule has 152 valence electrons. The average molecular weight is 472 g/mol. The Kier molecular flexibility index (Phi) is 6.80. The van der Waals surface area contributed by atoms with Gasteiger partial charge >= 0.3 is 0 Å². The summed E-state index contributed by atoms with van der Waals surface area (Å²) in [6, 6.07) is 16.6. The summed E-state index contributed by atoms with van der Waals surface area (Å²) in [5.41, 5.74) is 1.87. The van der Waals surface area contributed by atoms with Crippen LogP contribution in [-0.2, 0) is 16.6 Å². The summed E-state index contributed by atoms with van der Waals surface area (Å²) in [6.45, 7) is 0.343. The fourth-order valence-corrected chi connectivity index (χ4v) is 4.28. The Labute approximate surface area is 184 Å². The fraction of sp³-hybridized carbons (Fsp3) is 0.100. The highest BCUT2D eigenvalue weighted by Gasteiger charge is 2.16. The quantitative estimate of drug-likeness (QED) is 0.410. The van der Waals surface area contributed by atoms with Crippen LogP contribution in [0.3, 0.4) is 0 Å². The molecule has 3 rings (SSSR count). The number of rotatable bonds is 7. The first-order valence-corrected chi connectivity index (χ1v) is 11.0. The smallest absolute Gasteiger partial charge is 0.261 e. The molecular formula is C20H17Cl3N2O3S. The van der Waals surface area contributed by atoms with Gasteiger partial charge in [0.1, 0.15) is 5.75 Å². The average Bonchev–Trinajstić information content (AvgIpc) is 2.71. The third-order valence-corrected chi connectivity index (χ3v) is 6.68. The van der Waals surface area contributed by atoms with Gasteiger partial charge in [-0.3, -0.25) is 4.72 Å². The van der Waals surface area contributed by atoms with Crippen LogP contribution in [0.15, 0.2) is 65.6 Å². The molecule has 5 nitrogen and oxygen atoms in total. The van der Waals surface area contributed by atoms with E-state index in [1.165, 1.54) is 19.2 Å². The molecule has 0 aromatic heterocycles. The van der Waals surface area contributed by atoms with E-state index in [4.69, 9.17) is 39.5 Å². The van der Waals surface area contributed by atoms with Gasteiger partial charge < -0.3 is 10.1 Å². The molecule has 0 fully saturated rings. The Balaban J connectivity index is 1.79. The SMILES string of the molecule is COc1ccc(S(=O)(=O)Nc2ccccc2CNc2cc(Cl)c(Cl)c(Cl)c2)cc1. The van der Waals surface area contributed by atoms with Crippen LogP contribution in [0.25, 0.3) is 0 Å². The van der Waals surface area contributed by atoms with Crippen LogP contribution in [0.2, 0.25) is 15.1 Å². The van der Waals surface area contributed by atoms with Gasteiger partial charge in [0.15, 0.2) is 0 Å². The van der Waals surface area contributed by atoms with Crippen LogP contribution < -0.4 is 14.8 Å². The lowest BCUT2D eigenvalue weighted by Gasteiger charge is -2.14. The molecule has 0 radical (unpaired) electrons. The van der Waals surface area contributed by atoms with E-state index in [2.05, 4.69) is 10.0 Å². The number of sulfonamides is 1. The number of benzene rings is 3. The lowest BCUT2D eigenvalue weighted by molar-refractivity contribution is 0.414. The summed E-state index contributed by atoms with van der Waals surface area (Å²) in [5.74, 6) is 0.578. The molecule has 3 aromatic carbocycles. The Morgan fingerprint density at radius 2 is 1.55 bits per heavy atom. The van der Waals surface area contributed by atoms with Crippen molar-refractivity contribution in [3.05, 3.63) is 81.3 Å². The molecule has 0 saturated carbocycles. The number of hydrogen-bond donors (Lipinski definition) is 2. The summed E-state index contributed by atoms with van der Waals surface area (Å²) in [5, 5.41) is 4.11. The normalized spacial score (nSPS) is 11.2. The number of anilines is 2. The second-order valence-corrected chi connectivity index (χ2v) is 8.92. The zero-order valence-corrected chi connectivity index (χ0v) is 18.3. The van der Waals surface area contributed by atoms with E-state index >= 15 is 0 Å². The predicted molar refractivity (Wildman–Crippen MR) is 119 cm³/mol. The molecule has 0 aliphatic heterocycles. The highest BCUT2D eigenvalue weighted by molar-refractivity contribution is 7.92. The van der Waals surface area contributed by atoms with Crippen LogP contribution in [0.1, 0.15) is 5.56 Å². The van der Waals surface area contributed by atoms with Crippen LogP contribution in [0, 0.1) is 0 Å². The number of halogens is 3. The molecule has 0 amide bonds. The first-order chi connectivity index (χ1) is 13.8. The standard InChI is InChI=1S/C20H17Cl3N2O3S/c1-28-15-6-8-16(9-7-15)29(26,27)25-19-5-3-2-4-13(19)12-24-14-10-17(21)20(23)18(22)11-14/h2-11,24-25H,12H2,1H3. The van der Waals surface area contributed by atoms with E-state index in [-0.39, 0.29) is 9.92 Å². The Morgan fingerprint density at radius 3 is 2.17 bits per heavy atom. The van der Waals surface area contributed by atoms with Crippen LogP contribution in [0.4, 0.5) is 11.4 Å². The first-order valence-electron chi connectivity index (χ1n) is 8.43. The van der Waals surface area contributed by atoms with E-state index in [1.54, 1.807) is 36.4 Å². The molecule has 0 spiro atoms. The Morgan fingerprint density at radius 1 is 0.931 bits per heavy atom. The number of hydrogen-bond acceptors (Lipinski definition) is 4. The van der Waals surface area contributed by atoms with Gasteiger partial charge in [-0.05, 0) is 48.0 Å². The molecule has 0 bridgehead atoms. The van der Waals surface area contributed by atoms with Gasteiger partial charge in [0, 0.05) is 12.2 Å². The molecule has 0 unspecified atom stereocenters. The van der Waals surface area contributed by atoms with Crippen molar-refractivity contribution in [1.29, 1.82) is 0 Å². The number of para-hydroxylation sites is 1. The zero-order valence-electron chi connectivity index (χ0n) is 15.2. The summed E-state index contributed by atoms with van der Waals surface area (Å²) < 4.78 is 33.2. The third-order valence-electron chi connectivity index (χ3n) is 4.10. The second kappa shape index (κ2) is 9.13. The maximum Gasteiger partial charge on any atom is 0.261 e. The van der Waals surface area contributed by atoms with Gasteiger partial charge in [0.25, 0.3) is 10.0 Å². The minimum atomic E-state index is -3.76. The minimum absolute atomic E-state index is 0.136. The van der Waals surface area contributed by atoms with Crippen LogP contribution in [0.5, 0.6) is 5.75 Å². The van der Waals surface area contributed by atoms with Crippen molar-refractivity contribution in [1.82, 2.24) is 0 Å². The highest BCUT2D eigenvalue weighted by Crippen LogP contribution is 2.33. The number of ether oxygens (including phenoxy) is 1. The maximum atomic E-state index is 12.7. The molecule has 3 aromatic rings. The molecule has 2 N–H and O–H groups in total. The molecule has 0 aliphatic carbocycles.